The lowest BCUT2D eigenvalue weighted by atomic mass is 10.3. The molecule has 1 aromatic rings. The van der Waals surface area contributed by atoms with Crippen molar-refractivity contribution in [1.82, 2.24) is 0 Å². The van der Waals surface area contributed by atoms with Gasteiger partial charge in [-0.15, -0.1) is 0 Å². The van der Waals surface area contributed by atoms with E-state index < -0.39 is 12.6 Å². The minimum atomic E-state index is -4.16. The maximum Gasteiger partial charge on any atom is 0.392 e. The zero-order valence-corrected chi connectivity index (χ0v) is 8.73. The summed E-state index contributed by atoms with van der Waals surface area (Å²) in [5.41, 5.74) is 0. The van der Waals surface area contributed by atoms with Crippen LogP contribution in [-0.2, 0) is 0 Å². The fraction of sp³-hybridized carbons (Fsp3) is 0.333. The lowest BCUT2D eigenvalue weighted by Crippen LogP contribution is -2.12. The highest BCUT2D eigenvalue weighted by atomic mass is 79.9. The van der Waals surface area contributed by atoms with Crippen molar-refractivity contribution in [3.05, 3.63) is 28.7 Å². The maximum absolute atomic E-state index is 11.7. The molecule has 0 fully saturated rings. The molecule has 0 aromatic heterocycles. The lowest BCUT2D eigenvalue weighted by molar-refractivity contribution is -0.139. The number of halogens is 4. The highest BCUT2D eigenvalue weighted by Crippen LogP contribution is 2.21. The second kappa shape index (κ2) is 4.68. The molecule has 0 heterocycles. The first-order valence-electron chi connectivity index (χ1n) is 3.92. The smallest absolute Gasteiger partial charge is 0.392 e. The van der Waals surface area contributed by atoms with Gasteiger partial charge in [0.05, 0.1) is 13.0 Å². The summed E-state index contributed by atoms with van der Waals surface area (Å²) in [6.07, 6.45) is -5.09. The van der Waals surface area contributed by atoms with Gasteiger partial charge in [0.15, 0.2) is 0 Å². The second-order valence-electron chi connectivity index (χ2n) is 2.67. The second-order valence-corrected chi connectivity index (χ2v) is 3.59. The number of hydrogen-bond acceptors (Lipinski definition) is 1. The number of rotatable bonds is 3. The molecule has 0 saturated heterocycles. The largest absolute Gasteiger partial charge is 0.493 e. The SMILES string of the molecule is FC(F)(F)CCOc1cccc(Br)c1. The average molecular weight is 269 g/mol. The van der Waals surface area contributed by atoms with E-state index >= 15 is 0 Å². The molecule has 0 N–H and O–H groups in total. The van der Waals surface area contributed by atoms with Crippen LogP contribution in [0.2, 0.25) is 0 Å². The van der Waals surface area contributed by atoms with Gasteiger partial charge in [-0.05, 0) is 18.2 Å². The van der Waals surface area contributed by atoms with Gasteiger partial charge in [-0.1, -0.05) is 22.0 Å². The predicted octanol–water partition coefficient (Wildman–Crippen LogP) is 3.78. The van der Waals surface area contributed by atoms with Gasteiger partial charge >= 0.3 is 6.18 Å². The third-order valence-corrected chi connectivity index (χ3v) is 1.94. The van der Waals surface area contributed by atoms with Gasteiger partial charge in [-0.2, -0.15) is 13.2 Å². The Labute approximate surface area is 88.0 Å². The van der Waals surface area contributed by atoms with Crippen LogP contribution in [0, 0.1) is 0 Å². The lowest BCUT2D eigenvalue weighted by Gasteiger charge is -2.08. The van der Waals surface area contributed by atoms with E-state index in [2.05, 4.69) is 15.9 Å². The highest BCUT2D eigenvalue weighted by Gasteiger charge is 2.26. The number of ether oxygens (including phenoxy) is 1. The molecule has 0 amide bonds. The molecular weight excluding hydrogens is 261 g/mol. The molecule has 0 radical (unpaired) electrons. The van der Waals surface area contributed by atoms with Crippen LogP contribution < -0.4 is 4.74 Å². The maximum atomic E-state index is 11.7. The van der Waals surface area contributed by atoms with Gasteiger partial charge in [-0.3, -0.25) is 0 Å². The standard InChI is InChI=1S/C9H8BrF3O/c10-7-2-1-3-8(6-7)14-5-4-9(11,12)13/h1-3,6H,4-5H2. The van der Waals surface area contributed by atoms with Crippen LogP contribution in [-0.4, -0.2) is 12.8 Å². The predicted molar refractivity (Wildman–Crippen MR) is 50.3 cm³/mol. The summed E-state index contributed by atoms with van der Waals surface area (Å²) in [5.74, 6) is 0.434. The van der Waals surface area contributed by atoms with Crippen LogP contribution in [0.4, 0.5) is 13.2 Å². The van der Waals surface area contributed by atoms with Crippen molar-refractivity contribution in [3.63, 3.8) is 0 Å². The van der Waals surface area contributed by atoms with Crippen LogP contribution in [0.5, 0.6) is 5.75 Å². The normalized spacial score (nSPS) is 11.4. The Kier molecular flexibility index (Phi) is 3.80. The Morgan fingerprint density at radius 3 is 2.57 bits per heavy atom. The highest BCUT2D eigenvalue weighted by molar-refractivity contribution is 9.10. The zero-order chi connectivity index (χ0) is 10.6. The Hall–Kier alpha value is -0.710. The molecule has 5 heteroatoms. The van der Waals surface area contributed by atoms with E-state index in [1.807, 2.05) is 0 Å². The molecule has 0 atom stereocenters. The minimum Gasteiger partial charge on any atom is -0.493 e. The summed E-state index contributed by atoms with van der Waals surface area (Å²) in [7, 11) is 0. The van der Waals surface area contributed by atoms with Crippen LogP contribution in [0.3, 0.4) is 0 Å². The Bertz CT molecular complexity index is 298. The fourth-order valence-electron chi connectivity index (χ4n) is 0.841. The minimum absolute atomic E-state index is 0.347. The van der Waals surface area contributed by atoms with Gasteiger partial charge in [0, 0.05) is 4.47 Å². The van der Waals surface area contributed by atoms with Crippen LogP contribution in [0.25, 0.3) is 0 Å². The van der Waals surface area contributed by atoms with E-state index in [1.165, 1.54) is 0 Å². The molecule has 0 saturated carbocycles. The molecule has 0 aliphatic rings. The molecule has 1 rings (SSSR count). The number of alkyl halides is 3. The molecule has 0 aliphatic carbocycles. The molecule has 0 aliphatic heterocycles. The molecule has 1 nitrogen and oxygen atoms in total. The van der Waals surface area contributed by atoms with E-state index in [4.69, 9.17) is 4.74 Å². The molecule has 0 bridgehead atoms. The van der Waals surface area contributed by atoms with E-state index in [0.29, 0.717) is 5.75 Å². The molecule has 1 aromatic carbocycles. The first-order valence-corrected chi connectivity index (χ1v) is 4.72. The average Bonchev–Trinajstić information content (AvgIpc) is 2.01. The first-order chi connectivity index (χ1) is 6.47. The van der Waals surface area contributed by atoms with Gasteiger partial charge in [0.1, 0.15) is 5.75 Å². The number of benzene rings is 1. The van der Waals surface area contributed by atoms with Crippen LogP contribution in [0.1, 0.15) is 6.42 Å². The monoisotopic (exact) mass is 268 g/mol. The van der Waals surface area contributed by atoms with Crippen molar-refractivity contribution in [2.24, 2.45) is 0 Å². The van der Waals surface area contributed by atoms with Gasteiger partial charge in [0.2, 0.25) is 0 Å². The summed E-state index contributed by atoms with van der Waals surface area (Å²) >= 11 is 3.19. The third kappa shape index (κ3) is 4.50. The van der Waals surface area contributed by atoms with E-state index in [0.717, 1.165) is 4.47 Å². The Balaban J connectivity index is 2.39. The quantitative estimate of drug-likeness (QED) is 0.811. The topological polar surface area (TPSA) is 9.23 Å². The van der Waals surface area contributed by atoms with E-state index in [9.17, 15) is 13.2 Å². The molecule has 14 heavy (non-hydrogen) atoms. The third-order valence-electron chi connectivity index (χ3n) is 1.45. The Morgan fingerprint density at radius 1 is 1.29 bits per heavy atom. The summed E-state index contributed by atoms with van der Waals surface area (Å²) < 4.78 is 40.9. The summed E-state index contributed by atoms with van der Waals surface area (Å²) in [6, 6.07) is 6.71. The Morgan fingerprint density at radius 2 is 2.00 bits per heavy atom. The fourth-order valence-corrected chi connectivity index (χ4v) is 1.22. The van der Waals surface area contributed by atoms with Crippen molar-refractivity contribution in [3.8, 4) is 5.75 Å². The van der Waals surface area contributed by atoms with Crippen molar-refractivity contribution in [1.29, 1.82) is 0 Å². The van der Waals surface area contributed by atoms with E-state index in [1.54, 1.807) is 24.3 Å². The zero-order valence-electron chi connectivity index (χ0n) is 7.14. The van der Waals surface area contributed by atoms with Crippen LogP contribution >= 0.6 is 15.9 Å². The van der Waals surface area contributed by atoms with Crippen molar-refractivity contribution in [2.45, 2.75) is 12.6 Å². The summed E-state index contributed by atoms with van der Waals surface area (Å²) in [5, 5.41) is 0. The summed E-state index contributed by atoms with van der Waals surface area (Å²) in [4.78, 5) is 0. The van der Waals surface area contributed by atoms with Crippen molar-refractivity contribution < 1.29 is 17.9 Å². The van der Waals surface area contributed by atoms with Crippen LogP contribution in [0.15, 0.2) is 28.7 Å². The first kappa shape index (κ1) is 11.4. The molecular formula is C9H8BrF3O. The molecule has 78 valence electrons. The van der Waals surface area contributed by atoms with Gasteiger partial charge in [-0.25, -0.2) is 0 Å². The van der Waals surface area contributed by atoms with Gasteiger partial charge in [0.25, 0.3) is 0 Å². The summed E-state index contributed by atoms with van der Waals surface area (Å²) in [6.45, 7) is -0.347. The molecule has 0 spiro atoms. The van der Waals surface area contributed by atoms with Gasteiger partial charge < -0.3 is 4.74 Å². The van der Waals surface area contributed by atoms with Crippen molar-refractivity contribution >= 4 is 15.9 Å². The molecule has 0 unspecified atom stereocenters. The number of hydrogen-bond donors (Lipinski definition) is 0. The van der Waals surface area contributed by atoms with Crippen molar-refractivity contribution in [2.75, 3.05) is 6.61 Å². The van der Waals surface area contributed by atoms with E-state index in [-0.39, 0.29) is 6.61 Å².